The van der Waals surface area contributed by atoms with E-state index in [1.807, 2.05) is 0 Å². The maximum Gasteiger partial charge on any atom is 0.242 e. The Morgan fingerprint density at radius 2 is 2.19 bits per heavy atom. The molecule has 0 aliphatic rings. The number of nitrogen functional groups attached to an aromatic ring is 1. The van der Waals surface area contributed by atoms with Gasteiger partial charge >= 0.3 is 0 Å². The number of aliphatic hydroxyl groups excluding tert-OH is 1. The highest BCUT2D eigenvalue weighted by atomic mass is 32.2. The number of hydrogen-bond acceptors (Lipinski definition) is 5. The summed E-state index contributed by atoms with van der Waals surface area (Å²) in [6.07, 6.45) is 0. The van der Waals surface area contributed by atoms with Gasteiger partial charge in [0.25, 0.3) is 0 Å². The summed E-state index contributed by atoms with van der Waals surface area (Å²) < 4.78 is 25.2. The third-order valence-corrected chi connectivity index (χ3v) is 4.36. The first kappa shape index (κ1) is 13.3. The molecule has 0 aromatic heterocycles. The fourth-order valence-corrected chi connectivity index (χ4v) is 2.67. The Balaban J connectivity index is 3.01. The maximum absolute atomic E-state index is 11.5. The van der Waals surface area contributed by atoms with E-state index in [1.165, 1.54) is 24.9 Å². The minimum absolute atomic E-state index is 0.0706. The van der Waals surface area contributed by atoms with Gasteiger partial charge in [0.2, 0.25) is 10.0 Å². The average Bonchev–Trinajstić information content (AvgIpc) is 2.26. The predicted molar refractivity (Wildman–Crippen MR) is 64.9 cm³/mol. The van der Waals surface area contributed by atoms with Gasteiger partial charge in [-0.15, -0.1) is 11.8 Å². The molecule has 0 saturated heterocycles. The van der Waals surface area contributed by atoms with Crippen molar-refractivity contribution >= 4 is 27.5 Å². The number of rotatable bonds is 5. The summed E-state index contributed by atoms with van der Waals surface area (Å²) in [5.74, 6) is 0.553. The van der Waals surface area contributed by atoms with Crippen molar-refractivity contribution in [2.24, 2.45) is 0 Å². The van der Waals surface area contributed by atoms with Crippen molar-refractivity contribution in [2.75, 3.05) is 25.1 Å². The van der Waals surface area contributed by atoms with Crippen molar-refractivity contribution < 1.29 is 13.5 Å². The Bertz CT molecular complexity index is 460. The minimum Gasteiger partial charge on any atom is -0.398 e. The molecule has 0 radical (unpaired) electrons. The minimum atomic E-state index is -3.50. The highest BCUT2D eigenvalue weighted by Gasteiger charge is 2.15. The lowest BCUT2D eigenvalue weighted by atomic mass is 10.3. The van der Waals surface area contributed by atoms with Gasteiger partial charge in [-0.1, -0.05) is 0 Å². The second-order valence-electron chi connectivity index (χ2n) is 2.98. The molecular weight excluding hydrogens is 248 g/mol. The smallest absolute Gasteiger partial charge is 0.242 e. The molecule has 16 heavy (non-hydrogen) atoms. The zero-order valence-electron chi connectivity index (χ0n) is 8.80. The number of nitrogens with one attached hydrogen (secondary N) is 1. The van der Waals surface area contributed by atoms with E-state index in [2.05, 4.69) is 4.72 Å². The van der Waals surface area contributed by atoms with Gasteiger partial charge < -0.3 is 10.8 Å². The quantitative estimate of drug-likeness (QED) is 0.523. The molecule has 0 spiro atoms. The summed E-state index contributed by atoms with van der Waals surface area (Å²) in [5.41, 5.74) is 5.87. The van der Waals surface area contributed by atoms with Gasteiger partial charge in [-0.25, -0.2) is 13.1 Å². The lowest BCUT2D eigenvalue weighted by molar-refractivity contribution is 0.322. The third kappa shape index (κ3) is 3.11. The lowest BCUT2D eigenvalue weighted by Gasteiger charge is -2.07. The molecule has 7 heteroatoms. The molecule has 0 bridgehead atoms. The van der Waals surface area contributed by atoms with E-state index in [0.29, 0.717) is 5.75 Å². The van der Waals surface area contributed by atoms with E-state index >= 15 is 0 Å². The molecule has 0 saturated carbocycles. The molecule has 0 unspecified atom stereocenters. The number of benzene rings is 1. The van der Waals surface area contributed by atoms with Gasteiger partial charge in [-0.2, -0.15) is 0 Å². The Morgan fingerprint density at radius 1 is 1.50 bits per heavy atom. The van der Waals surface area contributed by atoms with Crippen molar-refractivity contribution in [2.45, 2.75) is 9.79 Å². The molecule has 1 aromatic rings. The van der Waals surface area contributed by atoms with Crippen LogP contribution in [0.25, 0.3) is 0 Å². The molecule has 4 N–H and O–H groups in total. The summed E-state index contributed by atoms with van der Waals surface area (Å²) in [6, 6.07) is 4.71. The van der Waals surface area contributed by atoms with E-state index in [9.17, 15) is 8.42 Å². The summed E-state index contributed by atoms with van der Waals surface area (Å²) in [5, 5.41) is 8.66. The van der Waals surface area contributed by atoms with Crippen molar-refractivity contribution in [1.29, 1.82) is 0 Å². The van der Waals surface area contributed by atoms with Crippen LogP contribution in [0.15, 0.2) is 28.0 Å². The van der Waals surface area contributed by atoms with Gasteiger partial charge in [0.15, 0.2) is 0 Å². The van der Waals surface area contributed by atoms with Crippen LogP contribution in [0.2, 0.25) is 0 Å². The molecule has 5 nitrogen and oxygen atoms in total. The molecule has 0 fully saturated rings. The van der Waals surface area contributed by atoms with Crippen LogP contribution in [0.5, 0.6) is 0 Å². The average molecular weight is 262 g/mol. The predicted octanol–water partition coefficient (Wildman–Crippen LogP) is 0.261. The fraction of sp³-hybridized carbons (Fsp3) is 0.333. The Morgan fingerprint density at radius 3 is 2.69 bits per heavy atom. The Kier molecular flexibility index (Phi) is 4.60. The summed E-state index contributed by atoms with van der Waals surface area (Å²) in [7, 11) is -2.16. The normalized spacial score (nSPS) is 11.6. The first-order valence-corrected chi connectivity index (χ1v) is 7.05. The van der Waals surface area contributed by atoms with Crippen LogP contribution in [0.1, 0.15) is 0 Å². The van der Waals surface area contributed by atoms with Crippen LogP contribution in [-0.4, -0.2) is 32.9 Å². The topological polar surface area (TPSA) is 92.4 Å². The molecule has 0 heterocycles. The van der Waals surface area contributed by atoms with Gasteiger partial charge in [-0.3, -0.25) is 0 Å². The first-order chi connectivity index (χ1) is 7.51. The number of aliphatic hydroxyl groups is 1. The third-order valence-electron chi connectivity index (χ3n) is 1.90. The van der Waals surface area contributed by atoms with Crippen LogP contribution >= 0.6 is 11.8 Å². The van der Waals surface area contributed by atoms with Crippen LogP contribution in [0, 0.1) is 0 Å². The largest absolute Gasteiger partial charge is 0.398 e. The van der Waals surface area contributed by atoms with Crippen LogP contribution in [0.4, 0.5) is 5.69 Å². The molecule has 1 rings (SSSR count). The number of anilines is 1. The van der Waals surface area contributed by atoms with Gasteiger partial charge in [-0.05, 0) is 25.2 Å². The number of hydrogen-bond donors (Lipinski definition) is 3. The van der Waals surface area contributed by atoms with Crippen molar-refractivity contribution in [1.82, 2.24) is 4.72 Å². The SMILES string of the molecule is CNS(=O)(=O)c1ccc(SCCO)cc1N. The highest BCUT2D eigenvalue weighted by Crippen LogP contribution is 2.25. The zero-order chi connectivity index (χ0) is 12.2. The van der Waals surface area contributed by atoms with Gasteiger partial charge in [0.1, 0.15) is 4.90 Å². The second-order valence-corrected chi connectivity index (χ2v) is 6.00. The molecule has 1 aromatic carbocycles. The fourth-order valence-electron chi connectivity index (χ4n) is 1.13. The van der Waals surface area contributed by atoms with Gasteiger partial charge in [0.05, 0.1) is 12.3 Å². The van der Waals surface area contributed by atoms with E-state index in [-0.39, 0.29) is 17.2 Å². The lowest BCUT2D eigenvalue weighted by Crippen LogP contribution is -2.19. The number of nitrogens with two attached hydrogens (primary N) is 1. The summed E-state index contributed by atoms with van der Waals surface area (Å²) in [4.78, 5) is 0.907. The Hall–Kier alpha value is -0.760. The molecule has 90 valence electrons. The van der Waals surface area contributed by atoms with Gasteiger partial charge in [0, 0.05) is 10.6 Å². The van der Waals surface area contributed by atoms with E-state index in [4.69, 9.17) is 10.8 Å². The maximum atomic E-state index is 11.5. The molecule has 0 atom stereocenters. The summed E-state index contributed by atoms with van der Waals surface area (Å²) >= 11 is 1.42. The van der Waals surface area contributed by atoms with E-state index < -0.39 is 10.0 Å². The molecular formula is C9H14N2O3S2. The van der Waals surface area contributed by atoms with Crippen LogP contribution < -0.4 is 10.5 Å². The number of thioether (sulfide) groups is 1. The van der Waals surface area contributed by atoms with Crippen molar-refractivity contribution in [3.8, 4) is 0 Å². The van der Waals surface area contributed by atoms with E-state index in [1.54, 1.807) is 12.1 Å². The highest BCUT2D eigenvalue weighted by molar-refractivity contribution is 7.99. The second kappa shape index (κ2) is 5.53. The number of sulfonamides is 1. The Labute approximate surface area is 99.1 Å². The molecule has 0 aliphatic carbocycles. The van der Waals surface area contributed by atoms with Crippen molar-refractivity contribution in [3.63, 3.8) is 0 Å². The van der Waals surface area contributed by atoms with Crippen LogP contribution in [-0.2, 0) is 10.0 Å². The zero-order valence-corrected chi connectivity index (χ0v) is 10.4. The molecule has 0 aliphatic heterocycles. The van der Waals surface area contributed by atoms with E-state index in [0.717, 1.165) is 4.90 Å². The first-order valence-electron chi connectivity index (χ1n) is 4.58. The van der Waals surface area contributed by atoms with Crippen molar-refractivity contribution in [3.05, 3.63) is 18.2 Å². The summed E-state index contributed by atoms with van der Waals surface area (Å²) in [6.45, 7) is 0.0706. The monoisotopic (exact) mass is 262 g/mol. The standard InChI is InChI=1S/C9H14N2O3S2/c1-11-16(13,14)9-3-2-7(6-8(9)10)15-5-4-12/h2-3,6,11-12H,4-5,10H2,1H3. The molecule has 0 amide bonds. The van der Waals surface area contributed by atoms with Crippen LogP contribution in [0.3, 0.4) is 0 Å².